The summed E-state index contributed by atoms with van der Waals surface area (Å²) in [7, 11) is 0.552. The van der Waals surface area contributed by atoms with Gasteiger partial charge in [0.05, 0.1) is 0 Å². The van der Waals surface area contributed by atoms with Gasteiger partial charge in [0.25, 0.3) is 0 Å². The third kappa shape index (κ3) is 3.37. The van der Waals surface area contributed by atoms with E-state index in [-0.39, 0.29) is 0 Å². The summed E-state index contributed by atoms with van der Waals surface area (Å²) in [4.78, 5) is 2.48. The summed E-state index contributed by atoms with van der Waals surface area (Å²) in [5.41, 5.74) is 7.52. The van der Waals surface area contributed by atoms with Crippen LogP contribution in [0.2, 0.25) is 6.82 Å². The van der Waals surface area contributed by atoms with Gasteiger partial charge >= 0.3 is 0 Å². The second kappa shape index (κ2) is 3.37. The van der Waals surface area contributed by atoms with Crippen LogP contribution in [0.5, 0.6) is 0 Å². The van der Waals surface area contributed by atoms with E-state index in [1.54, 1.807) is 6.82 Å². The van der Waals surface area contributed by atoms with E-state index in [1.807, 2.05) is 0 Å². The predicted molar refractivity (Wildman–Crippen MR) is 22.2 cm³/mol. The molecule has 0 amide bonds. The molecule has 0 saturated heterocycles. The Morgan fingerprint density at radius 1 is 2.00 bits per heavy atom. The van der Waals surface area contributed by atoms with Gasteiger partial charge in [-0.1, -0.05) is 6.82 Å². The first-order valence-electron chi connectivity index (χ1n) is 1.42. The van der Waals surface area contributed by atoms with E-state index in [2.05, 4.69) is 9.94 Å². The van der Waals surface area contributed by atoms with Crippen LogP contribution in [0, 0.1) is 0 Å². The van der Waals surface area contributed by atoms with Crippen molar-refractivity contribution in [2.75, 3.05) is 0 Å². The molecule has 0 aromatic carbocycles. The van der Waals surface area contributed by atoms with Crippen LogP contribution >= 0.6 is 0 Å². The fraction of sp³-hybridized carbons (Fsp3) is 1.00. The van der Waals surface area contributed by atoms with Gasteiger partial charge in [-0.3, -0.25) is 0 Å². The predicted octanol–water partition coefficient (Wildman–Crippen LogP) is 0.696. The lowest BCUT2D eigenvalue weighted by Gasteiger charge is -1.52. The summed E-state index contributed by atoms with van der Waals surface area (Å²) in [5, 5.41) is 3.15. The van der Waals surface area contributed by atoms with Gasteiger partial charge in [0.1, 0.15) is 0 Å². The summed E-state index contributed by atoms with van der Waals surface area (Å²) in [6.07, 6.45) is 0. The summed E-state index contributed by atoms with van der Waals surface area (Å²) in [6.45, 7) is 1.79. The molecule has 0 aliphatic carbocycles. The summed E-state index contributed by atoms with van der Waals surface area (Å²) in [5.74, 6) is 0. The normalized spacial score (nSPS) is 5.00. The maximum Gasteiger partial charge on any atom is 0.221 e. The monoisotopic (exact) mass is 69.0 g/mol. The van der Waals surface area contributed by atoms with Crippen LogP contribution in [0.3, 0.4) is 0 Å². The highest BCUT2D eigenvalue weighted by Gasteiger charge is 1.58. The van der Waals surface area contributed by atoms with E-state index >= 15 is 0 Å². The lowest BCUT2D eigenvalue weighted by Crippen LogP contribution is -1.60. The zero-order chi connectivity index (χ0) is 4.12. The van der Waals surface area contributed by atoms with Crippen LogP contribution < -0.4 is 0 Å². The molecule has 26 valence electrons. The van der Waals surface area contributed by atoms with Crippen LogP contribution in [0.4, 0.5) is 0 Å². The lowest BCUT2D eigenvalue weighted by molar-refractivity contribution is 1.72. The molecular formula is CH4BN3. The molecule has 0 N–H and O–H groups in total. The molecule has 0 radical (unpaired) electrons. The third-order valence-electron chi connectivity index (χ3n) is 0.205. The molecule has 0 aromatic rings. The van der Waals surface area contributed by atoms with E-state index in [0.29, 0.717) is 7.41 Å². The van der Waals surface area contributed by atoms with Gasteiger partial charge in [0.2, 0.25) is 7.41 Å². The maximum absolute atomic E-state index is 7.52. The van der Waals surface area contributed by atoms with Gasteiger partial charge in [-0.05, 0) is 10.4 Å². The molecule has 0 aliphatic rings. The molecule has 5 heavy (non-hydrogen) atoms. The van der Waals surface area contributed by atoms with E-state index in [1.165, 1.54) is 0 Å². The Morgan fingerprint density at radius 2 is 2.60 bits per heavy atom. The Labute approximate surface area is 30.9 Å². The molecule has 0 spiro atoms. The van der Waals surface area contributed by atoms with Crippen molar-refractivity contribution < 1.29 is 0 Å². The minimum atomic E-state index is 0.552. The average molecular weight is 68.9 g/mol. The van der Waals surface area contributed by atoms with Gasteiger partial charge in [-0.2, -0.15) is 5.03 Å². The van der Waals surface area contributed by atoms with Crippen molar-refractivity contribution in [3.05, 3.63) is 10.4 Å². The summed E-state index contributed by atoms with van der Waals surface area (Å²) >= 11 is 0. The van der Waals surface area contributed by atoms with Gasteiger partial charge in [0.15, 0.2) is 0 Å². The van der Waals surface area contributed by atoms with Gasteiger partial charge in [0, 0.05) is 0 Å². The molecule has 0 bridgehead atoms. The fourth-order valence-electron chi connectivity index (χ4n) is 0.0632. The highest BCUT2D eigenvalue weighted by molar-refractivity contribution is 6.30. The Kier molecular flexibility index (Phi) is 2.95. The Bertz CT molecular complexity index is 53.9. The fourth-order valence-corrected chi connectivity index (χ4v) is 0.0632. The van der Waals surface area contributed by atoms with Crippen molar-refractivity contribution in [3.8, 4) is 0 Å². The molecule has 0 unspecified atom stereocenters. The highest BCUT2D eigenvalue weighted by atomic mass is 15.1. The third-order valence-corrected chi connectivity index (χ3v) is 0.205. The van der Waals surface area contributed by atoms with E-state index in [4.69, 9.17) is 5.53 Å². The van der Waals surface area contributed by atoms with Crippen molar-refractivity contribution in [3.63, 3.8) is 0 Å². The minimum absolute atomic E-state index is 0.552. The molecule has 4 heteroatoms. The number of rotatable bonds is 1. The molecule has 0 aliphatic heterocycles. The molecule has 0 saturated carbocycles. The van der Waals surface area contributed by atoms with Gasteiger partial charge < -0.3 is 0 Å². The van der Waals surface area contributed by atoms with Crippen LogP contribution in [0.1, 0.15) is 0 Å². The first-order chi connectivity index (χ1) is 2.41. The van der Waals surface area contributed by atoms with Crippen LogP contribution in [-0.2, 0) is 0 Å². The first kappa shape index (κ1) is 4.37. The largest absolute Gasteiger partial charge is 0.221 e. The topological polar surface area (TPSA) is 48.8 Å². The van der Waals surface area contributed by atoms with E-state index in [9.17, 15) is 0 Å². The second-order valence-electron chi connectivity index (χ2n) is 0.547. The number of hydrogen-bond donors (Lipinski definition) is 0. The van der Waals surface area contributed by atoms with Crippen LogP contribution in [0.15, 0.2) is 5.03 Å². The first-order valence-corrected chi connectivity index (χ1v) is 1.42. The van der Waals surface area contributed by atoms with Gasteiger partial charge in [-0.15, -0.1) is 0 Å². The van der Waals surface area contributed by atoms with Crippen molar-refractivity contribution in [1.29, 1.82) is 0 Å². The summed E-state index contributed by atoms with van der Waals surface area (Å²) in [6, 6.07) is 0. The highest BCUT2D eigenvalue weighted by Crippen LogP contribution is 1.57. The number of nitrogens with zero attached hydrogens (tertiary/aromatic N) is 3. The van der Waals surface area contributed by atoms with Crippen molar-refractivity contribution in [2.24, 2.45) is 5.03 Å². The molecular weight excluding hydrogens is 64.8 g/mol. The van der Waals surface area contributed by atoms with E-state index < -0.39 is 0 Å². The van der Waals surface area contributed by atoms with Crippen molar-refractivity contribution in [2.45, 2.75) is 6.82 Å². The molecule has 0 rings (SSSR count). The van der Waals surface area contributed by atoms with E-state index in [0.717, 1.165) is 0 Å². The maximum atomic E-state index is 7.52. The smallest absolute Gasteiger partial charge is 0.153 e. The molecule has 0 fully saturated rings. The van der Waals surface area contributed by atoms with Crippen LogP contribution in [-0.4, -0.2) is 7.41 Å². The Balaban J connectivity index is 2.93. The molecule has 0 heterocycles. The Morgan fingerprint density at radius 3 is 2.60 bits per heavy atom. The van der Waals surface area contributed by atoms with Gasteiger partial charge in [-0.25, -0.2) is 0 Å². The Hall–Kier alpha value is -0.625. The number of azide groups is 1. The van der Waals surface area contributed by atoms with Crippen LogP contribution in [0.25, 0.3) is 10.4 Å². The zero-order valence-corrected chi connectivity index (χ0v) is 3.05. The lowest BCUT2D eigenvalue weighted by atomic mass is 10.0. The summed E-state index contributed by atoms with van der Waals surface area (Å²) < 4.78 is 0. The SMILES string of the molecule is CBN=[N+]=[N-]. The standard InChI is InChI=1S/CH4BN3/c1-2-4-5-3/h2H,1H3. The second-order valence-corrected chi connectivity index (χ2v) is 0.547. The van der Waals surface area contributed by atoms with Crippen molar-refractivity contribution in [1.82, 2.24) is 0 Å². The quantitative estimate of drug-likeness (QED) is 0.188. The van der Waals surface area contributed by atoms with Crippen molar-refractivity contribution >= 4 is 7.41 Å². The minimum Gasteiger partial charge on any atom is -0.153 e. The molecule has 0 atom stereocenters. The average Bonchev–Trinajstić information content (AvgIpc) is 1.41. The zero-order valence-electron chi connectivity index (χ0n) is 3.05. The molecule has 0 aromatic heterocycles. The number of hydrogen-bond acceptors (Lipinski definition) is 1. The molecule has 3 nitrogen and oxygen atoms in total.